The lowest BCUT2D eigenvalue weighted by Gasteiger charge is -2.03. The first-order valence-corrected chi connectivity index (χ1v) is 4.88. The van der Waals surface area contributed by atoms with Crippen LogP contribution in [0, 0.1) is 6.92 Å². The highest BCUT2D eigenvalue weighted by Gasteiger charge is 2.15. The Hall–Kier alpha value is -1.88. The van der Waals surface area contributed by atoms with Crippen LogP contribution < -0.4 is 5.32 Å². The fourth-order valence-electron chi connectivity index (χ4n) is 1.16. The van der Waals surface area contributed by atoms with E-state index >= 15 is 0 Å². The summed E-state index contributed by atoms with van der Waals surface area (Å²) in [5.74, 6) is 0.0299. The first-order chi connectivity index (χ1) is 7.68. The summed E-state index contributed by atoms with van der Waals surface area (Å²) in [5, 5.41) is 2.91. The van der Waals surface area contributed by atoms with E-state index in [1.807, 2.05) is 0 Å². The second-order valence-corrected chi connectivity index (χ2v) is 3.46. The molecule has 1 amide bonds. The summed E-state index contributed by atoms with van der Waals surface area (Å²) in [4.78, 5) is 19.5. The number of aryl methyl sites for hydroxylation is 1. The Morgan fingerprint density at radius 2 is 2.31 bits per heavy atom. The van der Waals surface area contributed by atoms with E-state index in [4.69, 9.17) is 16.0 Å². The third-order valence-electron chi connectivity index (χ3n) is 1.94. The van der Waals surface area contributed by atoms with Gasteiger partial charge in [-0.15, -0.1) is 0 Å². The van der Waals surface area contributed by atoms with Gasteiger partial charge in [0, 0.05) is 6.20 Å². The fourth-order valence-corrected chi connectivity index (χ4v) is 1.33. The molecule has 2 aromatic heterocycles. The fraction of sp³-hybridized carbons (Fsp3) is 0.100. The SMILES string of the molecule is Cc1ncoc1C(=O)Nc1ncccc1Cl. The summed E-state index contributed by atoms with van der Waals surface area (Å²) in [6, 6.07) is 3.31. The Morgan fingerprint density at radius 3 is 2.94 bits per heavy atom. The molecule has 0 saturated carbocycles. The van der Waals surface area contributed by atoms with Crippen molar-refractivity contribution in [2.75, 3.05) is 5.32 Å². The van der Waals surface area contributed by atoms with Crippen molar-refractivity contribution >= 4 is 23.3 Å². The van der Waals surface area contributed by atoms with Crippen LogP contribution in [0.5, 0.6) is 0 Å². The number of hydrogen-bond acceptors (Lipinski definition) is 4. The van der Waals surface area contributed by atoms with E-state index in [0.29, 0.717) is 16.5 Å². The van der Waals surface area contributed by atoms with Crippen LogP contribution >= 0.6 is 11.6 Å². The van der Waals surface area contributed by atoms with Crippen molar-refractivity contribution in [3.8, 4) is 0 Å². The summed E-state index contributed by atoms with van der Waals surface area (Å²) >= 11 is 5.85. The smallest absolute Gasteiger partial charge is 0.294 e. The van der Waals surface area contributed by atoms with Gasteiger partial charge in [-0.25, -0.2) is 9.97 Å². The molecule has 0 bridgehead atoms. The van der Waals surface area contributed by atoms with Gasteiger partial charge in [0.25, 0.3) is 5.91 Å². The number of pyridine rings is 1. The summed E-state index contributed by atoms with van der Waals surface area (Å²) < 4.78 is 4.94. The standard InChI is InChI=1S/C10H8ClN3O2/c1-6-8(16-5-13-6)10(15)14-9-7(11)3-2-4-12-9/h2-5H,1H3,(H,12,14,15). The number of halogens is 1. The summed E-state index contributed by atoms with van der Waals surface area (Å²) in [6.45, 7) is 1.68. The molecule has 2 heterocycles. The second kappa shape index (κ2) is 4.32. The molecule has 2 aromatic rings. The number of hydrogen-bond donors (Lipinski definition) is 1. The molecular weight excluding hydrogens is 230 g/mol. The van der Waals surface area contributed by atoms with Crippen molar-refractivity contribution in [1.82, 2.24) is 9.97 Å². The topological polar surface area (TPSA) is 68.0 Å². The van der Waals surface area contributed by atoms with Gasteiger partial charge < -0.3 is 9.73 Å². The largest absolute Gasteiger partial charge is 0.438 e. The second-order valence-electron chi connectivity index (χ2n) is 3.05. The Labute approximate surface area is 96.5 Å². The predicted molar refractivity (Wildman–Crippen MR) is 58.4 cm³/mol. The maximum atomic E-state index is 11.7. The molecule has 0 fully saturated rings. The van der Waals surface area contributed by atoms with Crippen LogP contribution in [0.4, 0.5) is 5.82 Å². The number of rotatable bonds is 2. The molecule has 2 rings (SSSR count). The predicted octanol–water partition coefficient (Wildman–Crippen LogP) is 2.28. The van der Waals surface area contributed by atoms with Crippen LogP contribution in [-0.2, 0) is 0 Å². The summed E-state index contributed by atoms with van der Waals surface area (Å²) in [6.07, 6.45) is 2.75. The average molecular weight is 238 g/mol. The van der Waals surface area contributed by atoms with E-state index in [2.05, 4.69) is 15.3 Å². The lowest BCUT2D eigenvalue weighted by molar-refractivity contribution is 0.0995. The molecule has 0 saturated heterocycles. The third kappa shape index (κ3) is 2.04. The van der Waals surface area contributed by atoms with E-state index in [-0.39, 0.29) is 5.76 Å². The van der Waals surface area contributed by atoms with Crippen molar-refractivity contribution in [2.45, 2.75) is 6.92 Å². The van der Waals surface area contributed by atoms with Gasteiger partial charge in [0.15, 0.2) is 12.2 Å². The number of aromatic nitrogens is 2. The number of nitrogens with zero attached hydrogens (tertiary/aromatic N) is 2. The highest BCUT2D eigenvalue weighted by molar-refractivity contribution is 6.33. The maximum absolute atomic E-state index is 11.7. The van der Waals surface area contributed by atoms with Gasteiger partial charge in [0.05, 0.1) is 10.7 Å². The lowest BCUT2D eigenvalue weighted by Crippen LogP contribution is -2.13. The lowest BCUT2D eigenvalue weighted by atomic mass is 10.3. The van der Waals surface area contributed by atoms with E-state index in [1.165, 1.54) is 12.6 Å². The molecule has 5 nitrogen and oxygen atoms in total. The Balaban J connectivity index is 2.21. The molecule has 0 aliphatic carbocycles. The van der Waals surface area contributed by atoms with E-state index in [0.717, 1.165) is 0 Å². The van der Waals surface area contributed by atoms with E-state index in [9.17, 15) is 4.79 Å². The van der Waals surface area contributed by atoms with Gasteiger partial charge in [0.1, 0.15) is 0 Å². The molecular formula is C10H8ClN3O2. The van der Waals surface area contributed by atoms with Gasteiger partial charge in [-0.2, -0.15) is 0 Å². The van der Waals surface area contributed by atoms with Gasteiger partial charge >= 0.3 is 0 Å². The first-order valence-electron chi connectivity index (χ1n) is 4.50. The van der Waals surface area contributed by atoms with Crippen LogP contribution in [0.1, 0.15) is 16.2 Å². The molecule has 1 N–H and O–H groups in total. The molecule has 6 heteroatoms. The van der Waals surface area contributed by atoms with Crippen molar-refractivity contribution in [2.24, 2.45) is 0 Å². The normalized spacial score (nSPS) is 10.1. The van der Waals surface area contributed by atoms with Gasteiger partial charge in [-0.05, 0) is 19.1 Å². The number of oxazole rings is 1. The van der Waals surface area contributed by atoms with Crippen molar-refractivity contribution in [3.63, 3.8) is 0 Å². The minimum atomic E-state index is -0.421. The number of carbonyl (C=O) groups is 1. The summed E-state index contributed by atoms with van der Waals surface area (Å²) in [7, 11) is 0. The molecule has 16 heavy (non-hydrogen) atoms. The zero-order valence-corrected chi connectivity index (χ0v) is 9.15. The third-order valence-corrected chi connectivity index (χ3v) is 2.25. The van der Waals surface area contributed by atoms with Crippen LogP contribution in [0.3, 0.4) is 0 Å². The Morgan fingerprint density at radius 1 is 1.50 bits per heavy atom. The van der Waals surface area contributed by atoms with Gasteiger partial charge in [-0.1, -0.05) is 11.6 Å². The zero-order chi connectivity index (χ0) is 11.5. The van der Waals surface area contributed by atoms with Crippen LogP contribution in [-0.4, -0.2) is 15.9 Å². The minimum absolute atomic E-state index is 0.154. The molecule has 0 radical (unpaired) electrons. The molecule has 82 valence electrons. The number of anilines is 1. The van der Waals surface area contributed by atoms with Crippen molar-refractivity contribution in [1.29, 1.82) is 0 Å². The molecule has 0 atom stereocenters. The molecule has 0 aliphatic rings. The monoisotopic (exact) mass is 237 g/mol. The van der Waals surface area contributed by atoms with Crippen LogP contribution in [0.2, 0.25) is 5.02 Å². The van der Waals surface area contributed by atoms with Crippen LogP contribution in [0.15, 0.2) is 29.1 Å². The number of carbonyl (C=O) groups excluding carboxylic acids is 1. The Kier molecular flexibility index (Phi) is 2.87. The summed E-state index contributed by atoms with van der Waals surface area (Å²) in [5.41, 5.74) is 0.518. The zero-order valence-electron chi connectivity index (χ0n) is 8.40. The van der Waals surface area contributed by atoms with Crippen molar-refractivity contribution < 1.29 is 9.21 Å². The number of amides is 1. The molecule has 0 aromatic carbocycles. The Bertz CT molecular complexity index is 524. The highest BCUT2D eigenvalue weighted by atomic mass is 35.5. The van der Waals surface area contributed by atoms with Gasteiger partial charge in [-0.3, -0.25) is 4.79 Å². The maximum Gasteiger partial charge on any atom is 0.294 e. The van der Waals surface area contributed by atoms with E-state index < -0.39 is 5.91 Å². The molecule has 0 unspecified atom stereocenters. The van der Waals surface area contributed by atoms with Crippen LogP contribution in [0.25, 0.3) is 0 Å². The van der Waals surface area contributed by atoms with E-state index in [1.54, 1.807) is 19.1 Å². The van der Waals surface area contributed by atoms with Gasteiger partial charge in [0.2, 0.25) is 5.76 Å². The minimum Gasteiger partial charge on any atom is -0.438 e. The molecule has 0 spiro atoms. The highest BCUT2D eigenvalue weighted by Crippen LogP contribution is 2.18. The average Bonchev–Trinajstić information content (AvgIpc) is 2.68. The number of nitrogens with one attached hydrogen (secondary N) is 1. The van der Waals surface area contributed by atoms with Crippen molar-refractivity contribution in [3.05, 3.63) is 41.2 Å². The quantitative estimate of drug-likeness (QED) is 0.870. The first kappa shape index (κ1) is 10.6. The molecule has 0 aliphatic heterocycles.